The van der Waals surface area contributed by atoms with Gasteiger partial charge in [-0.1, -0.05) is 32.6 Å². The van der Waals surface area contributed by atoms with Crippen molar-refractivity contribution >= 4 is 0 Å². The lowest BCUT2D eigenvalue weighted by Crippen LogP contribution is -2.22. The van der Waals surface area contributed by atoms with Crippen molar-refractivity contribution < 1.29 is 13.2 Å². The van der Waals surface area contributed by atoms with Gasteiger partial charge < -0.3 is 5.32 Å². The quantitative estimate of drug-likeness (QED) is 0.606. The molecule has 0 aliphatic heterocycles. The van der Waals surface area contributed by atoms with Crippen LogP contribution >= 0.6 is 0 Å². The molecule has 0 saturated carbocycles. The Bertz CT molecular complexity index is 123. The summed E-state index contributed by atoms with van der Waals surface area (Å²) in [6, 6.07) is 0. The van der Waals surface area contributed by atoms with Gasteiger partial charge in [-0.05, 0) is 13.0 Å². The summed E-state index contributed by atoms with van der Waals surface area (Å²) in [5.41, 5.74) is 0. The lowest BCUT2D eigenvalue weighted by atomic mass is 10.1. The van der Waals surface area contributed by atoms with Crippen LogP contribution in [-0.4, -0.2) is 19.3 Å². The fraction of sp³-hybridized carbons (Fsp3) is 1.00. The van der Waals surface area contributed by atoms with E-state index in [9.17, 15) is 13.2 Å². The fourth-order valence-electron chi connectivity index (χ4n) is 1.21. The molecule has 0 aliphatic rings. The highest BCUT2D eigenvalue weighted by Gasteiger charge is 2.25. The normalized spacial score (nSPS) is 12.0. The molecule has 86 valence electrons. The fourth-order valence-corrected chi connectivity index (χ4v) is 1.21. The minimum atomic E-state index is -4.02. The Morgan fingerprint density at radius 1 is 0.929 bits per heavy atom. The van der Waals surface area contributed by atoms with Crippen LogP contribution in [0.15, 0.2) is 0 Å². The summed E-state index contributed by atoms with van der Waals surface area (Å²) < 4.78 is 35.1. The molecule has 4 heteroatoms. The molecule has 0 aromatic heterocycles. The predicted octanol–water partition coefficient (Wildman–Crippen LogP) is 3.50. The molecule has 0 atom stereocenters. The van der Waals surface area contributed by atoms with Crippen molar-refractivity contribution in [3.63, 3.8) is 0 Å². The molecule has 0 spiro atoms. The summed E-state index contributed by atoms with van der Waals surface area (Å²) in [7, 11) is 0. The summed E-state index contributed by atoms with van der Waals surface area (Å²) in [6.45, 7) is 2.90. The molecule has 0 aromatic rings. The van der Waals surface area contributed by atoms with Gasteiger partial charge in [-0.15, -0.1) is 0 Å². The van der Waals surface area contributed by atoms with Gasteiger partial charge in [-0.3, -0.25) is 0 Å². The average Bonchev–Trinajstić information content (AvgIpc) is 2.08. The largest absolute Gasteiger partial charge is 0.390 e. The van der Waals surface area contributed by atoms with Crippen molar-refractivity contribution in [2.45, 2.75) is 51.6 Å². The molecule has 0 fully saturated rings. The number of unbranched alkanes of at least 4 members (excludes halogenated alkanes) is 4. The molecule has 0 rings (SSSR count). The Balaban J connectivity index is 2.99. The van der Waals surface area contributed by atoms with Crippen molar-refractivity contribution in [1.82, 2.24) is 5.32 Å². The van der Waals surface area contributed by atoms with Crippen LogP contribution in [0, 0.1) is 0 Å². The van der Waals surface area contributed by atoms with E-state index in [-0.39, 0.29) is 6.54 Å². The van der Waals surface area contributed by atoms with Crippen LogP contribution in [0.2, 0.25) is 0 Å². The van der Waals surface area contributed by atoms with Crippen molar-refractivity contribution in [2.24, 2.45) is 0 Å². The molecule has 14 heavy (non-hydrogen) atoms. The Hall–Kier alpha value is -0.250. The number of nitrogens with one attached hydrogen (secondary N) is 1. The van der Waals surface area contributed by atoms with Crippen LogP contribution < -0.4 is 5.32 Å². The highest BCUT2D eigenvalue weighted by Crippen LogP contribution is 2.18. The summed E-state index contributed by atoms with van der Waals surface area (Å²) in [4.78, 5) is 0. The third-order valence-electron chi connectivity index (χ3n) is 2.04. The maximum absolute atomic E-state index is 11.7. The summed E-state index contributed by atoms with van der Waals surface area (Å²) in [5.74, 6) is 0. The van der Waals surface area contributed by atoms with Crippen molar-refractivity contribution in [3.8, 4) is 0 Å². The molecule has 0 aromatic carbocycles. The second-order valence-corrected chi connectivity index (χ2v) is 3.53. The number of rotatable bonds is 8. The van der Waals surface area contributed by atoms with Gasteiger partial charge in [0.15, 0.2) is 0 Å². The molecule has 1 N–H and O–H groups in total. The van der Waals surface area contributed by atoms with Gasteiger partial charge in [-0.25, -0.2) is 0 Å². The number of halogens is 3. The van der Waals surface area contributed by atoms with Gasteiger partial charge in [0.05, 0.1) is 6.42 Å². The molecule has 0 aliphatic carbocycles. The SMILES string of the molecule is CCCCCCCNCCC(F)(F)F. The Morgan fingerprint density at radius 3 is 2.14 bits per heavy atom. The van der Waals surface area contributed by atoms with Gasteiger partial charge in [-0.2, -0.15) is 13.2 Å². The number of alkyl halides is 3. The number of hydrogen-bond acceptors (Lipinski definition) is 1. The number of hydrogen-bond donors (Lipinski definition) is 1. The third-order valence-corrected chi connectivity index (χ3v) is 2.04. The van der Waals surface area contributed by atoms with Gasteiger partial charge in [0.1, 0.15) is 0 Å². The van der Waals surface area contributed by atoms with Crippen LogP contribution in [0.5, 0.6) is 0 Å². The van der Waals surface area contributed by atoms with Crippen LogP contribution in [0.3, 0.4) is 0 Å². The third kappa shape index (κ3) is 11.8. The van der Waals surface area contributed by atoms with E-state index in [0.29, 0.717) is 6.54 Å². The summed E-state index contributed by atoms with van der Waals surface area (Å²) in [6.07, 6.45) is 0.976. The Morgan fingerprint density at radius 2 is 1.57 bits per heavy atom. The standard InChI is InChI=1S/C10H20F3N/c1-2-3-4-5-6-8-14-9-7-10(11,12)13/h14H,2-9H2,1H3. The van der Waals surface area contributed by atoms with E-state index >= 15 is 0 Å². The zero-order chi connectivity index (χ0) is 10.9. The minimum Gasteiger partial charge on any atom is -0.316 e. The maximum atomic E-state index is 11.7. The predicted molar refractivity (Wildman–Crippen MR) is 52.3 cm³/mol. The molecular weight excluding hydrogens is 191 g/mol. The second kappa shape index (κ2) is 8.09. The summed E-state index contributed by atoms with van der Waals surface area (Å²) in [5, 5.41) is 2.80. The molecule has 0 radical (unpaired) electrons. The van der Waals surface area contributed by atoms with E-state index in [2.05, 4.69) is 12.2 Å². The molecule has 0 saturated heterocycles. The first-order valence-corrected chi connectivity index (χ1v) is 5.33. The van der Waals surface area contributed by atoms with E-state index < -0.39 is 12.6 Å². The topological polar surface area (TPSA) is 12.0 Å². The van der Waals surface area contributed by atoms with E-state index in [4.69, 9.17) is 0 Å². The van der Waals surface area contributed by atoms with Gasteiger partial charge in [0.2, 0.25) is 0 Å². The Labute approximate surface area is 84.1 Å². The summed E-state index contributed by atoms with van der Waals surface area (Å²) >= 11 is 0. The lowest BCUT2D eigenvalue weighted by molar-refractivity contribution is -0.133. The van der Waals surface area contributed by atoms with Gasteiger partial charge in [0.25, 0.3) is 0 Å². The van der Waals surface area contributed by atoms with Crippen LogP contribution in [0.1, 0.15) is 45.4 Å². The monoisotopic (exact) mass is 211 g/mol. The molecular formula is C10H20F3N. The first-order chi connectivity index (χ1) is 6.56. The zero-order valence-electron chi connectivity index (χ0n) is 8.79. The second-order valence-electron chi connectivity index (χ2n) is 3.53. The minimum absolute atomic E-state index is 0.0529. The highest BCUT2D eigenvalue weighted by atomic mass is 19.4. The highest BCUT2D eigenvalue weighted by molar-refractivity contribution is 4.54. The first-order valence-electron chi connectivity index (χ1n) is 5.33. The van der Waals surface area contributed by atoms with Crippen molar-refractivity contribution in [1.29, 1.82) is 0 Å². The van der Waals surface area contributed by atoms with Crippen molar-refractivity contribution in [3.05, 3.63) is 0 Å². The van der Waals surface area contributed by atoms with E-state index in [1.165, 1.54) is 19.3 Å². The van der Waals surface area contributed by atoms with E-state index in [0.717, 1.165) is 12.8 Å². The van der Waals surface area contributed by atoms with Crippen molar-refractivity contribution in [2.75, 3.05) is 13.1 Å². The molecule has 0 amide bonds. The molecule has 0 heterocycles. The van der Waals surface area contributed by atoms with Crippen LogP contribution in [-0.2, 0) is 0 Å². The lowest BCUT2D eigenvalue weighted by Gasteiger charge is -2.07. The molecule has 1 nitrogen and oxygen atoms in total. The smallest absolute Gasteiger partial charge is 0.316 e. The molecule has 0 bridgehead atoms. The van der Waals surface area contributed by atoms with Gasteiger partial charge in [0, 0.05) is 6.54 Å². The van der Waals surface area contributed by atoms with Gasteiger partial charge >= 0.3 is 6.18 Å². The zero-order valence-corrected chi connectivity index (χ0v) is 8.79. The Kier molecular flexibility index (Phi) is 7.95. The average molecular weight is 211 g/mol. The maximum Gasteiger partial charge on any atom is 0.390 e. The molecule has 0 unspecified atom stereocenters. The van der Waals surface area contributed by atoms with Crippen LogP contribution in [0.4, 0.5) is 13.2 Å². The first kappa shape index (κ1) is 13.8. The van der Waals surface area contributed by atoms with E-state index in [1.807, 2.05) is 0 Å². The van der Waals surface area contributed by atoms with Crippen LogP contribution in [0.25, 0.3) is 0 Å². The van der Waals surface area contributed by atoms with E-state index in [1.54, 1.807) is 0 Å².